The molecule has 0 bridgehead atoms. The van der Waals surface area contributed by atoms with Gasteiger partial charge in [0.15, 0.2) is 0 Å². The SMILES string of the molecule is O=C(Cc1cccc2cccnc12)NC1CCN(c2ccccn2)CC1. The maximum Gasteiger partial charge on any atom is 0.224 e. The minimum atomic E-state index is 0.0689. The van der Waals surface area contributed by atoms with E-state index >= 15 is 0 Å². The van der Waals surface area contributed by atoms with Crippen LogP contribution in [0.3, 0.4) is 0 Å². The van der Waals surface area contributed by atoms with Crippen LogP contribution in [-0.4, -0.2) is 35.0 Å². The van der Waals surface area contributed by atoms with Gasteiger partial charge in [-0.1, -0.05) is 30.3 Å². The van der Waals surface area contributed by atoms with Gasteiger partial charge in [-0.2, -0.15) is 0 Å². The summed E-state index contributed by atoms with van der Waals surface area (Å²) in [4.78, 5) is 23.6. The van der Waals surface area contributed by atoms with Gasteiger partial charge in [-0.15, -0.1) is 0 Å². The normalized spacial score (nSPS) is 15.2. The van der Waals surface area contributed by atoms with Crippen molar-refractivity contribution in [3.05, 3.63) is 66.5 Å². The molecule has 0 radical (unpaired) electrons. The summed E-state index contributed by atoms with van der Waals surface area (Å²) < 4.78 is 0. The zero-order valence-electron chi connectivity index (χ0n) is 14.6. The summed E-state index contributed by atoms with van der Waals surface area (Å²) in [5, 5.41) is 4.26. The number of benzene rings is 1. The van der Waals surface area contributed by atoms with E-state index in [-0.39, 0.29) is 11.9 Å². The monoisotopic (exact) mass is 346 g/mol. The molecule has 0 atom stereocenters. The second kappa shape index (κ2) is 7.52. The van der Waals surface area contributed by atoms with Gasteiger partial charge < -0.3 is 10.2 Å². The summed E-state index contributed by atoms with van der Waals surface area (Å²) in [5.74, 6) is 1.08. The lowest BCUT2D eigenvalue weighted by Crippen LogP contribution is -2.45. The molecule has 1 aliphatic rings. The van der Waals surface area contributed by atoms with Crippen LogP contribution in [0, 0.1) is 0 Å². The van der Waals surface area contributed by atoms with Crippen LogP contribution in [0.25, 0.3) is 10.9 Å². The van der Waals surface area contributed by atoms with Gasteiger partial charge in [0.05, 0.1) is 11.9 Å². The Hall–Kier alpha value is -2.95. The summed E-state index contributed by atoms with van der Waals surface area (Å²) in [6.45, 7) is 1.83. The number of aromatic nitrogens is 2. The van der Waals surface area contributed by atoms with Crippen LogP contribution in [0.1, 0.15) is 18.4 Å². The fourth-order valence-electron chi connectivity index (χ4n) is 3.56. The number of piperidine rings is 1. The maximum atomic E-state index is 12.5. The summed E-state index contributed by atoms with van der Waals surface area (Å²) in [5.41, 5.74) is 1.89. The van der Waals surface area contributed by atoms with Crippen molar-refractivity contribution in [2.24, 2.45) is 0 Å². The molecule has 0 unspecified atom stereocenters. The van der Waals surface area contributed by atoms with Crippen LogP contribution in [0.4, 0.5) is 5.82 Å². The lowest BCUT2D eigenvalue weighted by atomic mass is 10.0. The third kappa shape index (κ3) is 3.67. The van der Waals surface area contributed by atoms with E-state index in [1.54, 1.807) is 6.20 Å². The molecule has 3 heterocycles. The molecule has 2 aromatic heterocycles. The van der Waals surface area contributed by atoms with E-state index in [9.17, 15) is 4.79 Å². The molecule has 3 aromatic rings. The van der Waals surface area contributed by atoms with Crippen molar-refractivity contribution >= 4 is 22.6 Å². The summed E-state index contributed by atoms with van der Waals surface area (Å²) in [7, 11) is 0. The highest BCUT2D eigenvalue weighted by Gasteiger charge is 2.21. The van der Waals surface area contributed by atoms with Crippen LogP contribution in [0.15, 0.2) is 60.9 Å². The summed E-state index contributed by atoms with van der Waals surface area (Å²) in [6, 6.07) is 16.1. The molecule has 26 heavy (non-hydrogen) atoms. The Kier molecular flexibility index (Phi) is 4.78. The highest BCUT2D eigenvalue weighted by Crippen LogP contribution is 2.19. The van der Waals surface area contributed by atoms with E-state index in [4.69, 9.17) is 0 Å². The summed E-state index contributed by atoms with van der Waals surface area (Å²) in [6.07, 6.45) is 5.85. The Morgan fingerprint density at radius 2 is 1.81 bits per heavy atom. The van der Waals surface area contributed by atoms with E-state index in [1.165, 1.54) is 0 Å². The van der Waals surface area contributed by atoms with Crippen molar-refractivity contribution in [2.45, 2.75) is 25.3 Å². The second-order valence-corrected chi connectivity index (χ2v) is 6.69. The molecule has 5 heteroatoms. The van der Waals surface area contributed by atoms with Gasteiger partial charge in [-0.3, -0.25) is 9.78 Å². The number of para-hydroxylation sites is 1. The van der Waals surface area contributed by atoms with Crippen molar-refractivity contribution in [1.29, 1.82) is 0 Å². The minimum absolute atomic E-state index is 0.0689. The van der Waals surface area contributed by atoms with Crippen molar-refractivity contribution in [2.75, 3.05) is 18.0 Å². The van der Waals surface area contributed by atoms with Crippen LogP contribution in [0.2, 0.25) is 0 Å². The topological polar surface area (TPSA) is 58.1 Å². The number of rotatable bonds is 4. The Bertz CT molecular complexity index is 883. The van der Waals surface area contributed by atoms with Crippen LogP contribution in [-0.2, 0) is 11.2 Å². The summed E-state index contributed by atoms with van der Waals surface area (Å²) >= 11 is 0. The largest absolute Gasteiger partial charge is 0.356 e. The molecule has 4 rings (SSSR count). The number of nitrogens with zero attached hydrogens (tertiary/aromatic N) is 3. The van der Waals surface area contributed by atoms with Crippen molar-refractivity contribution < 1.29 is 4.79 Å². The molecular weight excluding hydrogens is 324 g/mol. The van der Waals surface area contributed by atoms with E-state index < -0.39 is 0 Å². The van der Waals surface area contributed by atoms with Gasteiger partial charge in [0.25, 0.3) is 0 Å². The first-order valence-corrected chi connectivity index (χ1v) is 9.07. The molecule has 132 valence electrons. The first kappa shape index (κ1) is 16.5. The van der Waals surface area contributed by atoms with E-state index in [0.717, 1.165) is 48.2 Å². The fourth-order valence-corrected chi connectivity index (χ4v) is 3.56. The molecule has 1 N–H and O–H groups in total. The number of amides is 1. The van der Waals surface area contributed by atoms with Gasteiger partial charge in [-0.25, -0.2) is 4.98 Å². The average molecular weight is 346 g/mol. The van der Waals surface area contributed by atoms with E-state index in [1.807, 2.05) is 54.7 Å². The van der Waals surface area contributed by atoms with Crippen molar-refractivity contribution in [3.63, 3.8) is 0 Å². The number of carbonyl (C=O) groups excluding carboxylic acids is 1. The predicted molar refractivity (Wildman–Crippen MR) is 103 cm³/mol. The Labute approximate surface area is 153 Å². The molecule has 0 aliphatic carbocycles. The highest BCUT2D eigenvalue weighted by atomic mass is 16.1. The van der Waals surface area contributed by atoms with Crippen LogP contribution >= 0.6 is 0 Å². The molecule has 1 aromatic carbocycles. The number of carbonyl (C=O) groups is 1. The number of hydrogen-bond donors (Lipinski definition) is 1. The van der Waals surface area contributed by atoms with Crippen molar-refractivity contribution in [3.8, 4) is 0 Å². The van der Waals surface area contributed by atoms with Gasteiger partial charge in [0.1, 0.15) is 5.82 Å². The number of anilines is 1. The predicted octanol–water partition coefficient (Wildman–Crippen LogP) is 2.96. The number of hydrogen-bond acceptors (Lipinski definition) is 4. The van der Waals surface area contributed by atoms with Gasteiger partial charge in [0.2, 0.25) is 5.91 Å². The Morgan fingerprint density at radius 1 is 1.00 bits per heavy atom. The standard InChI is InChI=1S/C21H22N4O/c26-20(15-17-6-3-5-16-7-4-12-23-21(16)17)24-18-9-13-25(14-10-18)19-8-1-2-11-22-19/h1-8,11-12,18H,9-10,13-15H2,(H,24,26). The first-order valence-electron chi connectivity index (χ1n) is 9.07. The molecule has 0 spiro atoms. The van der Waals surface area contributed by atoms with E-state index in [0.29, 0.717) is 6.42 Å². The van der Waals surface area contributed by atoms with Gasteiger partial charge in [-0.05, 0) is 36.6 Å². The molecule has 1 saturated heterocycles. The Balaban J connectivity index is 1.34. The van der Waals surface area contributed by atoms with E-state index in [2.05, 4.69) is 20.2 Å². The number of nitrogens with one attached hydrogen (secondary N) is 1. The lowest BCUT2D eigenvalue weighted by molar-refractivity contribution is -0.121. The Morgan fingerprint density at radius 3 is 2.62 bits per heavy atom. The molecule has 1 amide bonds. The quantitative estimate of drug-likeness (QED) is 0.789. The minimum Gasteiger partial charge on any atom is -0.356 e. The van der Waals surface area contributed by atoms with Crippen LogP contribution < -0.4 is 10.2 Å². The second-order valence-electron chi connectivity index (χ2n) is 6.69. The fraction of sp³-hybridized carbons (Fsp3) is 0.286. The zero-order valence-corrected chi connectivity index (χ0v) is 14.6. The van der Waals surface area contributed by atoms with Gasteiger partial charge >= 0.3 is 0 Å². The highest BCUT2D eigenvalue weighted by molar-refractivity contribution is 5.87. The zero-order chi connectivity index (χ0) is 17.8. The van der Waals surface area contributed by atoms with Gasteiger partial charge in [0, 0.05) is 36.9 Å². The molecular formula is C21H22N4O. The number of fused-ring (bicyclic) bond motifs is 1. The third-order valence-electron chi connectivity index (χ3n) is 4.90. The molecule has 1 fully saturated rings. The number of pyridine rings is 2. The lowest BCUT2D eigenvalue weighted by Gasteiger charge is -2.33. The molecule has 1 aliphatic heterocycles. The molecule has 5 nitrogen and oxygen atoms in total. The van der Waals surface area contributed by atoms with Crippen LogP contribution in [0.5, 0.6) is 0 Å². The average Bonchev–Trinajstić information content (AvgIpc) is 2.69. The smallest absolute Gasteiger partial charge is 0.224 e. The first-order chi connectivity index (χ1) is 12.8. The van der Waals surface area contributed by atoms with Crippen molar-refractivity contribution in [1.82, 2.24) is 15.3 Å². The maximum absolute atomic E-state index is 12.5. The third-order valence-corrected chi connectivity index (χ3v) is 4.90. The molecule has 0 saturated carbocycles.